The van der Waals surface area contributed by atoms with Crippen LogP contribution in [0.15, 0.2) is 12.1 Å². The Bertz CT molecular complexity index is 462. The molecule has 0 saturated carbocycles. The molecule has 0 unspecified atom stereocenters. The predicted molar refractivity (Wildman–Crippen MR) is 54.8 cm³/mol. The summed E-state index contributed by atoms with van der Waals surface area (Å²) >= 11 is 0. The summed E-state index contributed by atoms with van der Waals surface area (Å²) in [7, 11) is 0. The fourth-order valence-corrected chi connectivity index (χ4v) is 1.96. The molecule has 1 aliphatic heterocycles. The maximum absolute atomic E-state index is 13.1. The van der Waals surface area contributed by atoms with Gasteiger partial charge < -0.3 is 4.90 Å². The van der Waals surface area contributed by atoms with Gasteiger partial charge in [-0.3, -0.25) is 14.9 Å². The Labute approximate surface area is 90.6 Å². The topological polar surface area (TPSA) is 63.5 Å². The molecular formula is C10H9FN2O3. The van der Waals surface area contributed by atoms with Crippen LogP contribution in [0.4, 0.5) is 15.8 Å². The second-order valence-corrected chi connectivity index (χ2v) is 3.59. The van der Waals surface area contributed by atoms with Gasteiger partial charge in [0, 0.05) is 6.54 Å². The van der Waals surface area contributed by atoms with Crippen LogP contribution in [0.2, 0.25) is 0 Å². The number of nitrogens with zero attached hydrogens (tertiary/aromatic N) is 2. The summed E-state index contributed by atoms with van der Waals surface area (Å²) in [4.78, 5) is 22.2. The first-order chi connectivity index (χ1) is 7.63. The average molecular weight is 224 g/mol. The molecule has 0 N–H and O–H groups in total. The van der Waals surface area contributed by atoms with Crippen LogP contribution in [-0.2, 0) is 11.2 Å². The van der Waals surface area contributed by atoms with Crippen molar-refractivity contribution in [2.24, 2.45) is 0 Å². The molecule has 0 bridgehead atoms. The minimum absolute atomic E-state index is 0.229. The van der Waals surface area contributed by atoms with Gasteiger partial charge in [0.25, 0.3) is 5.69 Å². The first-order valence-electron chi connectivity index (χ1n) is 4.82. The number of aryl methyl sites for hydroxylation is 1. The molecule has 1 amide bonds. The van der Waals surface area contributed by atoms with Gasteiger partial charge in [0.1, 0.15) is 11.5 Å². The van der Waals surface area contributed by atoms with E-state index in [1.54, 1.807) is 0 Å². The quantitative estimate of drug-likeness (QED) is 0.436. The lowest BCUT2D eigenvalue weighted by molar-refractivity contribution is -0.384. The number of rotatable bonds is 2. The van der Waals surface area contributed by atoms with Crippen molar-refractivity contribution in [1.29, 1.82) is 0 Å². The first kappa shape index (κ1) is 10.5. The van der Waals surface area contributed by atoms with Crippen LogP contribution in [-0.4, -0.2) is 17.9 Å². The molecule has 0 spiro atoms. The zero-order chi connectivity index (χ0) is 11.7. The van der Waals surface area contributed by atoms with Crippen LogP contribution < -0.4 is 4.90 Å². The van der Waals surface area contributed by atoms with Crippen molar-refractivity contribution >= 4 is 17.8 Å². The van der Waals surface area contributed by atoms with Crippen LogP contribution in [0.25, 0.3) is 0 Å². The normalized spacial score (nSPS) is 14.4. The van der Waals surface area contributed by atoms with Gasteiger partial charge in [-0.05, 0) is 24.5 Å². The number of carbonyl (C=O) groups excluding carboxylic acids is 1. The molecule has 0 radical (unpaired) electrons. The molecule has 16 heavy (non-hydrogen) atoms. The van der Waals surface area contributed by atoms with Crippen LogP contribution in [0.3, 0.4) is 0 Å². The van der Waals surface area contributed by atoms with Crippen molar-refractivity contribution in [2.45, 2.75) is 12.8 Å². The Morgan fingerprint density at radius 2 is 2.25 bits per heavy atom. The zero-order valence-corrected chi connectivity index (χ0v) is 8.35. The molecule has 1 aliphatic rings. The summed E-state index contributed by atoms with van der Waals surface area (Å²) in [6.45, 7) is 0.434. The van der Waals surface area contributed by atoms with E-state index in [2.05, 4.69) is 0 Å². The highest BCUT2D eigenvalue weighted by Crippen LogP contribution is 2.36. The minimum Gasteiger partial charge on any atom is -0.309 e. The standard InChI is InChI=1S/C10H9FN2O3/c11-8-4-7-2-1-3-12(6-14)10(7)9(5-8)13(15)16/h4-6H,1-3H2. The molecule has 0 aromatic heterocycles. The van der Waals surface area contributed by atoms with Crippen molar-refractivity contribution in [3.63, 3.8) is 0 Å². The fraction of sp³-hybridized carbons (Fsp3) is 0.300. The van der Waals surface area contributed by atoms with E-state index in [0.717, 1.165) is 6.07 Å². The Balaban J connectivity index is 2.65. The van der Waals surface area contributed by atoms with Gasteiger partial charge in [0.05, 0.1) is 11.0 Å². The third-order valence-corrected chi connectivity index (χ3v) is 2.59. The van der Waals surface area contributed by atoms with E-state index in [0.29, 0.717) is 31.4 Å². The summed E-state index contributed by atoms with van der Waals surface area (Å²) in [5.41, 5.74) is 0.402. The highest BCUT2D eigenvalue weighted by molar-refractivity contribution is 5.83. The van der Waals surface area contributed by atoms with E-state index in [-0.39, 0.29) is 11.4 Å². The molecule has 0 atom stereocenters. The second kappa shape index (κ2) is 3.88. The van der Waals surface area contributed by atoms with E-state index in [1.807, 2.05) is 0 Å². The SMILES string of the molecule is O=CN1CCCc2cc(F)cc([N+](=O)[O-])c21. The number of benzene rings is 1. The molecule has 0 aliphatic carbocycles. The summed E-state index contributed by atoms with van der Waals surface area (Å²) in [5.74, 6) is -0.641. The van der Waals surface area contributed by atoms with E-state index >= 15 is 0 Å². The average Bonchev–Trinajstić information content (AvgIpc) is 2.26. The number of amides is 1. The van der Waals surface area contributed by atoms with E-state index in [9.17, 15) is 19.3 Å². The highest BCUT2D eigenvalue weighted by Gasteiger charge is 2.27. The lowest BCUT2D eigenvalue weighted by Crippen LogP contribution is -2.28. The number of hydrogen-bond acceptors (Lipinski definition) is 3. The van der Waals surface area contributed by atoms with Crippen molar-refractivity contribution < 1.29 is 14.1 Å². The van der Waals surface area contributed by atoms with Gasteiger partial charge in [0.15, 0.2) is 0 Å². The maximum Gasteiger partial charge on any atom is 0.296 e. The number of hydrogen-bond donors (Lipinski definition) is 0. The highest BCUT2D eigenvalue weighted by atomic mass is 19.1. The molecule has 2 rings (SSSR count). The number of fused-ring (bicyclic) bond motifs is 1. The zero-order valence-electron chi connectivity index (χ0n) is 8.35. The Morgan fingerprint density at radius 1 is 1.50 bits per heavy atom. The van der Waals surface area contributed by atoms with Gasteiger partial charge in [-0.25, -0.2) is 4.39 Å². The van der Waals surface area contributed by atoms with Gasteiger partial charge >= 0.3 is 0 Å². The van der Waals surface area contributed by atoms with Gasteiger partial charge in [-0.2, -0.15) is 0 Å². The number of carbonyl (C=O) groups is 1. The molecule has 0 saturated heterocycles. The molecule has 6 heteroatoms. The third kappa shape index (κ3) is 1.62. The number of halogens is 1. The Hall–Kier alpha value is -1.98. The summed E-state index contributed by atoms with van der Waals surface area (Å²) in [5, 5.41) is 10.8. The van der Waals surface area contributed by atoms with Crippen molar-refractivity contribution in [3.05, 3.63) is 33.6 Å². The Morgan fingerprint density at radius 3 is 2.88 bits per heavy atom. The largest absolute Gasteiger partial charge is 0.309 e. The molecule has 1 aromatic rings. The third-order valence-electron chi connectivity index (χ3n) is 2.59. The number of nitro groups is 1. The molecular weight excluding hydrogens is 215 g/mol. The monoisotopic (exact) mass is 224 g/mol. The molecule has 0 fully saturated rings. The Kier molecular flexibility index (Phi) is 2.55. The predicted octanol–water partition coefficient (Wildman–Crippen LogP) is 1.64. The minimum atomic E-state index is -0.663. The van der Waals surface area contributed by atoms with Crippen LogP contribution in [0.5, 0.6) is 0 Å². The first-order valence-corrected chi connectivity index (χ1v) is 4.82. The molecule has 84 valence electrons. The number of anilines is 1. The molecule has 1 aromatic carbocycles. The molecule has 1 heterocycles. The van der Waals surface area contributed by atoms with Crippen molar-refractivity contribution in [1.82, 2.24) is 0 Å². The fourth-order valence-electron chi connectivity index (χ4n) is 1.96. The van der Waals surface area contributed by atoms with Crippen molar-refractivity contribution in [3.8, 4) is 0 Å². The summed E-state index contributed by atoms with van der Waals surface area (Å²) < 4.78 is 13.1. The number of nitro benzene ring substituents is 1. The van der Waals surface area contributed by atoms with Crippen LogP contribution in [0.1, 0.15) is 12.0 Å². The van der Waals surface area contributed by atoms with E-state index in [1.165, 1.54) is 11.0 Å². The smallest absolute Gasteiger partial charge is 0.296 e. The second-order valence-electron chi connectivity index (χ2n) is 3.59. The maximum atomic E-state index is 13.1. The van der Waals surface area contributed by atoms with Crippen molar-refractivity contribution in [2.75, 3.05) is 11.4 Å². The molecule has 5 nitrogen and oxygen atoms in total. The van der Waals surface area contributed by atoms with E-state index < -0.39 is 10.7 Å². The summed E-state index contributed by atoms with van der Waals surface area (Å²) in [6, 6.07) is 2.10. The van der Waals surface area contributed by atoms with Crippen LogP contribution >= 0.6 is 0 Å². The van der Waals surface area contributed by atoms with E-state index in [4.69, 9.17) is 0 Å². The van der Waals surface area contributed by atoms with Crippen LogP contribution in [0, 0.1) is 15.9 Å². The van der Waals surface area contributed by atoms with Gasteiger partial charge in [-0.1, -0.05) is 0 Å². The lowest BCUT2D eigenvalue weighted by Gasteiger charge is -2.25. The van der Waals surface area contributed by atoms with Gasteiger partial charge in [-0.15, -0.1) is 0 Å². The summed E-state index contributed by atoms with van der Waals surface area (Å²) in [6.07, 6.45) is 1.79. The lowest BCUT2D eigenvalue weighted by atomic mass is 10.0. The van der Waals surface area contributed by atoms with Gasteiger partial charge in [0.2, 0.25) is 6.41 Å².